The molecule has 0 aliphatic rings. The number of hydrogen-bond acceptors (Lipinski definition) is 1. The van der Waals surface area contributed by atoms with Crippen LogP contribution in [0, 0.1) is 5.82 Å². The highest BCUT2D eigenvalue weighted by Crippen LogP contribution is 2.16. The van der Waals surface area contributed by atoms with Crippen LogP contribution in [0.3, 0.4) is 0 Å². The molecule has 2 aromatic carbocycles. The maximum absolute atomic E-state index is 12.9. The average Bonchev–Trinajstić information content (AvgIpc) is 2.50. The molecule has 2 nitrogen and oxygen atoms in total. The summed E-state index contributed by atoms with van der Waals surface area (Å²) in [6, 6.07) is 14.7. The number of rotatable bonds is 4. The highest BCUT2D eigenvalue weighted by molar-refractivity contribution is 7.80. The molecule has 0 aromatic heterocycles. The zero-order valence-electron chi connectivity index (χ0n) is 13.1. The fraction of sp³-hybridized carbons (Fsp3) is 0.278. The lowest BCUT2D eigenvalue weighted by Crippen LogP contribution is -2.30. The molecule has 0 saturated heterocycles. The van der Waals surface area contributed by atoms with Crippen molar-refractivity contribution in [3.63, 3.8) is 0 Å². The number of halogens is 1. The molecule has 0 radical (unpaired) electrons. The molecule has 0 fully saturated rings. The van der Waals surface area contributed by atoms with E-state index in [4.69, 9.17) is 12.2 Å². The lowest BCUT2D eigenvalue weighted by Gasteiger charge is -2.21. The van der Waals surface area contributed by atoms with Gasteiger partial charge in [0.1, 0.15) is 5.82 Å². The van der Waals surface area contributed by atoms with Gasteiger partial charge in [-0.15, -0.1) is 0 Å². The SMILES string of the molecule is CC(C)c1ccc(CN(C)C(=S)Nc2ccc(F)cc2)cc1. The minimum atomic E-state index is -0.255. The van der Waals surface area contributed by atoms with E-state index in [0.717, 1.165) is 12.2 Å². The third-order valence-electron chi connectivity index (χ3n) is 3.51. The Morgan fingerprint density at radius 1 is 1.09 bits per heavy atom. The van der Waals surface area contributed by atoms with E-state index in [2.05, 4.69) is 43.4 Å². The molecular formula is C18H21FN2S. The van der Waals surface area contributed by atoms with Crippen molar-refractivity contribution in [1.82, 2.24) is 4.90 Å². The summed E-state index contributed by atoms with van der Waals surface area (Å²) in [5.41, 5.74) is 3.32. The summed E-state index contributed by atoms with van der Waals surface area (Å²) < 4.78 is 12.9. The first-order chi connectivity index (χ1) is 10.5. The second kappa shape index (κ2) is 7.36. The summed E-state index contributed by atoms with van der Waals surface area (Å²) in [6.07, 6.45) is 0. The van der Waals surface area contributed by atoms with Crippen LogP contribution in [0.1, 0.15) is 30.9 Å². The van der Waals surface area contributed by atoms with Gasteiger partial charge in [-0.3, -0.25) is 0 Å². The van der Waals surface area contributed by atoms with Gasteiger partial charge in [0, 0.05) is 19.3 Å². The van der Waals surface area contributed by atoms with Gasteiger partial charge < -0.3 is 10.2 Å². The third kappa shape index (κ3) is 4.53. The Morgan fingerprint density at radius 3 is 2.23 bits per heavy atom. The van der Waals surface area contributed by atoms with Gasteiger partial charge in [0.05, 0.1) is 0 Å². The summed E-state index contributed by atoms with van der Waals surface area (Å²) in [4.78, 5) is 1.96. The predicted molar refractivity (Wildman–Crippen MR) is 94.6 cm³/mol. The van der Waals surface area contributed by atoms with Crippen LogP contribution in [0.25, 0.3) is 0 Å². The Balaban J connectivity index is 1.94. The third-order valence-corrected chi connectivity index (χ3v) is 3.92. The average molecular weight is 316 g/mol. The summed E-state index contributed by atoms with van der Waals surface area (Å²) in [6.45, 7) is 5.09. The maximum Gasteiger partial charge on any atom is 0.173 e. The van der Waals surface area contributed by atoms with E-state index in [-0.39, 0.29) is 5.82 Å². The molecule has 1 N–H and O–H groups in total. The first kappa shape index (κ1) is 16.4. The van der Waals surface area contributed by atoms with Crippen molar-refractivity contribution < 1.29 is 4.39 Å². The first-order valence-electron chi connectivity index (χ1n) is 7.32. The molecular weight excluding hydrogens is 295 g/mol. The van der Waals surface area contributed by atoms with Crippen LogP contribution < -0.4 is 5.32 Å². The highest BCUT2D eigenvalue weighted by atomic mass is 32.1. The molecule has 0 unspecified atom stereocenters. The topological polar surface area (TPSA) is 15.3 Å². The van der Waals surface area contributed by atoms with Crippen LogP contribution in [-0.2, 0) is 6.54 Å². The number of hydrogen-bond donors (Lipinski definition) is 1. The van der Waals surface area contributed by atoms with Gasteiger partial charge in [0.25, 0.3) is 0 Å². The summed E-state index contributed by atoms with van der Waals surface area (Å²) in [5, 5.41) is 3.72. The first-order valence-corrected chi connectivity index (χ1v) is 7.73. The zero-order valence-corrected chi connectivity index (χ0v) is 14.0. The van der Waals surface area contributed by atoms with Gasteiger partial charge >= 0.3 is 0 Å². The second-order valence-corrected chi connectivity index (χ2v) is 6.08. The molecule has 0 amide bonds. The normalized spacial score (nSPS) is 10.6. The molecule has 116 valence electrons. The number of thiocarbonyl (C=S) groups is 1. The van der Waals surface area contributed by atoms with Gasteiger partial charge in [0.2, 0.25) is 0 Å². The summed E-state index contributed by atoms with van der Waals surface area (Å²) in [7, 11) is 1.94. The van der Waals surface area contributed by atoms with E-state index in [0.29, 0.717) is 11.0 Å². The maximum atomic E-state index is 12.9. The van der Waals surface area contributed by atoms with Crippen molar-refractivity contribution in [1.29, 1.82) is 0 Å². The molecule has 0 aliphatic heterocycles. The fourth-order valence-electron chi connectivity index (χ4n) is 2.11. The number of benzene rings is 2. The van der Waals surface area contributed by atoms with E-state index in [1.807, 2.05) is 11.9 Å². The Kier molecular flexibility index (Phi) is 5.50. The van der Waals surface area contributed by atoms with Gasteiger partial charge in [-0.1, -0.05) is 38.1 Å². The van der Waals surface area contributed by atoms with Crippen molar-refractivity contribution >= 4 is 23.0 Å². The molecule has 0 heterocycles. The molecule has 0 spiro atoms. The Bertz CT molecular complexity index is 621. The van der Waals surface area contributed by atoms with Crippen molar-refractivity contribution in [2.24, 2.45) is 0 Å². The Hall–Kier alpha value is -1.94. The summed E-state index contributed by atoms with van der Waals surface area (Å²) in [5.74, 6) is 0.281. The minimum Gasteiger partial charge on any atom is -0.348 e. The van der Waals surface area contributed by atoms with Crippen molar-refractivity contribution in [3.8, 4) is 0 Å². The molecule has 0 bridgehead atoms. The van der Waals surface area contributed by atoms with Crippen molar-refractivity contribution in [3.05, 3.63) is 65.5 Å². The van der Waals surface area contributed by atoms with Gasteiger partial charge in [-0.25, -0.2) is 4.39 Å². The van der Waals surface area contributed by atoms with E-state index in [9.17, 15) is 4.39 Å². The summed E-state index contributed by atoms with van der Waals surface area (Å²) >= 11 is 5.38. The van der Waals surface area contributed by atoms with E-state index >= 15 is 0 Å². The standard InChI is InChI=1S/C18H21FN2S/c1-13(2)15-6-4-14(5-7-15)12-21(3)18(22)20-17-10-8-16(19)9-11-17/h4-11,13H,12H2,1-3H3,(H,20,22). The predicted octanol–water partition coefficient (Wildman–Crippen LogP) is 4.78. The molecule has 0 aliphatic carbocycles. The molecule has 2 aromatic rings. The van der Waals surface area contributed by atoms with Gasteiger partial charge in [-0.05, 0) is 53.5 Å². The smallest absolute Gasteiger partial charge is 0.173 e. The van der Waals surface area contributed by atoms with E-state index in [1.165, 1.54) is 23.3 Å². The number of nitrogens with one attached hydrogen (secondary N) is 1. The van der Waals surface area contributed by atoms with Crippen LogP contribution in [0.4, 0.5) is 10.1 Å². The lowest BCUT2D eigenvalue weighted by molar-refractivity contribution is 0.508. The highest BCUT2D eigenvalue weighted by Gasteiger charge is 2.06. The van der Waals surface area contributed by atoms with E-state index < -0.39 is 0 Å². The number of anilines is 1. The Labute approximate surface area is 137 Å². The van der Waals surface area contributed by atoms with Crippen molar-refractivity contribution in [2.75, 3.05) is 12.4 Å². The van der Waals surface area contributed by atoms with Gasteiger partial charge in [0.15, 0.2) is 5.11 Å². The van der Waals surface area contributed by atoms with Gasteiger partial charge in [-0.2, -0.15) is 0 Å². The molecule has 0 saturated carbocycles. The second-order valence-electron chi connectivity index (χ2n) is 5.69. The molecule has 0 atom stereocenters. The Morgan fingerprint density at radius 2 is 1.68 bits per heavy atom. The van der Waals surface area contributed by atoms with Crippen LogP contribution in [0.2, 0.25) is 0 Å². The minimum absolute atomic E-state index is 0.255. The van der Waals surface area contributed by atoms with Crippen LogP contribution in [0.5, 0.6) is 0 Å². The quantitative estimate of drug-likeness (QED) is 0.817. The van der Waals surface area contributed by atoms with Crippen LogP contribution in [0.15, 0.2) is 48.5 Å². The molecule has 22 heavy (non-hydrogen) atoms. The molecule has 2 rings (SSSR count). The zero-order chi connectivity index (χ0) is 16.1. The van der Waals surface area contributed by atoms with Crippen LogP contribution in [-0.4, -0.2) is 17.1 Å². The number of nitrogens with zero attached hydrogens (tertiary/aromatic N) is 1. The lowest BCUT2D eigenvalue weighted by atomic mass is 10.0. The fourth-order valence-corrected chi connectivity index (χ4v) is 2.29. The monoisotopic (exact) mass is 316 g/mol. The van der Waals surface area contributed by atoms with Crippen molar-refractivity contribution in [2.45, 2.75) is 26.3 Å². The largest absolute Gasteiger partial charge is 0.348 e. The van der Waals surface area contributed by atoms with E-state index in [1.54, 1.807) is 12.1 Å². The molecule has 4 heteroatoms. The van der Waals surface area contributed by atoms with Crippen LogP contribution >= 0.6 is 12.2 Å².